The van der Waals surface area contributed by atoms with Gasteiger partial charge in [-0.25, -0.2) is 4.79 Å². The standard InChI is InChI=1S/C19H18N6O2/c1-11(2)25-10-20-24-17(25)12-5-3-6-13(9-12)21-14-7-4-8-15-16(14)18(26)23-19(27)22-15/h3-11,21H,1-2H3,(H2,22,23,26,27). The van der Waals surface area contributed by atoms with Crippen LogP contribution in [-0.4, -0.2) is 24.7 Å². The molecule has 0 radical (unpaired) electrons. The summed E-state index contributed by atoms with van der Waals surface area (Å²) in [6.07, 6.45) is 1.71. The van der Waals surface area contributed by atoms with E-state index in [2.05, 4.69) is 39.3 Å². The molecule has 0 spiro atoms. The molecule has 136 valence electrons. The van der Waals surface area contributed by atoms with Gasteiger partial charge in [0.2, 0.25) is 0 Å². The number of aromatic nitrogens is 5. The van der Waals surface area contributed by atoms with Crippen LogP contribution >= 0.6 is 0 Å². The van der Waals surface area contributed by atoms with E-state index in [0.29, 0.717) is 16.6 Å². The average Bonchev–Trinajstić information content (AvgIpc) is 3.11. The molecule has 2 aromatic heterocycles. The number of fused-ring (bicyclic) bond motifs is 1. The van der Waals surface area contributed by atoms with E-state index in [9.17, 15) is 9.59 Å². The van der Waals surface area contributed by atoms with Crippen LogP contribution in [0.1, 0.15) is 19.9 Å². The molecule has 27 heavy (non-hydrogen) atoms. The maximum Gasteiger partial charge on any atom is 0.326 e. The topological polar surface area (TPSA) is 108 Å². The Hall–Kier alpha value is -3.68. The van der Waals surface area contributed by atoms with Crippen molar-refractivity contribution in [3.8, 4) is 11.4 Å². The molecule has 0 fully saturated rings. The summed E-state index contributed by atoms with van der Waals surface area (Å²) in [5.41, 5.74) is 1.82. The Morgan fingerprint density at radius 2 is 1.89 bits per heavy atom. The zero-order valence-corrected chi connectivity index (χ0v) is 14.9. The van der Waals surface area contributed by atoms with Crippen LogP contribution < -0.4 is 16.6 Å². The lowest BCUT2D eigenvalue weighted by Crippen LogP contribution is -2.22. The Morgan fingerprint density at radius 1 is 1.07 bits per heavy atom. The van der Waals surface area contributed by atoms with Gasteiger partial charge in [0.15, 0.2) is 5.82 Å². The molecule has 4 rings (SSSR count). The van der Waals surface area contributed by atoms with Crippen molar-refractivity contribution in [1.29, 1.82) is 0 Å². The summed E-state index contributed by atoms with van der Waals surface area (Å²) >= 11 is 0. The van der Waals surface area contributed by atoms with Gasteiger partial charge in [0, 0.05) is 17.3 Å². The van der Waals surface area contributed by atoms with Gasteiger partial charge in [-0.2, -0.15) is 0 Å². The highest BCUT2D eigenvalue weighted by Gasteiger charge is 2.11. The molecule has 0 atom stereocenters. The first-order valence-electron chi connectivity index (χ1n) is 8.55. The third-order valence-corrected chi connectivity index (χ3v) is 4.30. The second kappa shape index (κ2) is 6.56. The van der Waals surface area contributed by atoms with E-state index < -0.39 is 11.2 Å². The predicted octanol–water partition coefficient (Wildman–Crippen LogP) is 2.80. The maximum absolute atomic E-state index is 12.2. The number of nitrogens with one attached hydrogen (secondary N) is 3. The Kier molecular flexibility index (Phi) is 4.08. The van der Waals surface area contributed by atoms with E-state index in [4.69, 9.17) is 0 Å². The molecule has 2 heterocycles. The number of hydrogen-bond donors (Lipinski definition) is 3. The highest BCUT2D eigenvalue weighted by atomic mass is 16.2. The first-order valence-corrected chi connectivity index (χ1v) is 8.55. The maximum atomic E-state index is 12.2. The fourth-order valence-electron chi connectivity index (χ4n) is 3.04. The molecular formula is C19H18N6O2. The molecule has 8 nitrogen and oxygen atoms in total. The summed E-state index contributed by atoms with van der Waals surface area (Å²) in [6, 6.07) is 13.2. The van der Waals surface area contributed by atoms with Gasteiger partial charge in [-0.3, -0.25) is 9.78 Å². The fourth-order valence-corrected chi connectivity index (χ4v) is 3.04. The highest BCUT2D eigenvalue weighted by Crippen LogP contribution is 2.26. The van der Waals surface area contributed by atoms with E-state index in [1.165, 1.54) is 0 Å². The SMILES string of the molecule is CC(C)n1cnnc1-c1cccc(Nc2cccc3[nH]c(=O)[nH]c(=O)c23)c1. The summed E-state index contributed by atoms with van der Waals surface area (Å²) in [4.78, 5) is 28.6. The Balaban J connectivity index is 1.77. The van der Waals surface area contributed by atoms with E-state index >= 15 is 0 Å². The third kappa shape index (κ3) is 3.12. The van der Waals surface area contributed by atoms with E-state index in [1.54, 1.807) is 24.5 Å². The van der Waals surface area contributed by atoms with Crippen molar-refractivity contribution in [2.24, 2.45) is 0 Å². The van der Waals surface area contributed by atoms with Crippen LogP contribution in [0.4, 0.5) is 11.4 Å². The van der Waals surface area contributed by atoms with Crippen LogP contribution in [0.5, 0.6) is 0 Å². The van der Waals surface area contributed by atoms with Gasteiger partial charge in [-0.05, 0) is 38.1 Å². The number of rotatable bonds is 4. The Bertz CT molecular complexity index is 1230. The van der Waals surface area contributed by atoms with Crippen LogP contribution in [-0.2, 0) is 0 Å². The van der Waals surface area contributed by atoms with Crippen molar-refractivity contribution in [2.75, 3.05) is 5.32 Å². The largest absolute Gasteiger partial charge is 0.355 e. The zero-order chi connectivity index (χ0) is 19.0. The first-order chi connectivity index (χ1) is 13.0. The van der Waals surface area contributed by atoms with Gasteiger partial charge in [-0.1, -0.05) is 18.2 Å². The van der Waals surface area contributed by atoms with Crippen molar-refractivity contribution in [2.45, 2.75) is 19.9 Å². The second-order valence-corrected chi connectivity index (χ2v) is 6.50. The first kappa shape index (κ1) is 16.8. The fraction of sp³-hybridized carbons (Fsp3) is 0.158. The normalized spacial score (nSPS) is 11.2. The molecule has 2 aromatic carbocycles. The lowest BCUT2D eigenvalue weighted by Gasteiger charge is -2.12. The van der Waals surface area contributed by atoms with Gasteiger partial charge in [0.25, 0.3) is 5.56 Å². The minimum absolute atomic E-state index is 0.236. The molecule has 4 aromatic rings. The number of hydrogen-bond acceptors (Lipinski definition) is 5. The number of nitrogens with zero attached hydrogens (tertiary/aromatic N) is 3. The lowest BCUT2D eigenvalue weighted by molar-refractivity contribution is 0.604. The zero-order valence-electron chi connectivity index (χ0n) is 14.9. The van der Waals surface area contributed by atoms with Crippen LogP contribution in [0.2, 0.25) is 0 Å². The molecule has 0 saturated heterocycles. The molecule has 0 unspecified atom stereocenters. The van der Waals surface area contributed by atoms with Crippen LogP contribution in [0, 0.1) is 0 Å². The average molecular weight is 362 g/mol. The van der Waals surface area contributed by atoms with Gasteiger partial charge < -0.3 is 14.9 Å². The van der Waals surface area contributed by atoms with Crippen molar-refractivity contribution >= 4 is 22.3 Å². The van der Waals surface area contributed by atoms with Crippen molar-refractivity contribution < 1.29 is 0 Å². The number of benzene rings is 2. The molecule has 0 aliphatic rings. The molecule has 3 N–H and O–H groups in total. The predicted molar refractivity (Wildman–Crippen MR) is 104 cm³/mol. The monoisotopic (exact) mass is 362 g/mol. The minimum Gasteiger partial charge on any atom is -0.355 e. The molecule has 8 heteroatoms. The molecule has 0 saturated carbocycles. The Labute approximate surface area is 153 Å². The second-order valence-electron chi connectivity index (χ2n) is 6.50. The van der Waals surface area contributed by atoms with Crippen LogP contribution in [0.15, 0.2) is 58.4 Å². The number of aromatic amines is 2. The van der Waals surface area contributed by atoms with Crippen molar-refractivity contribution in [3.63, 3.8) is 0 Å². The summed E-state index contributed by atoms with van der Waals surface area (Å²) in [7, 11) is 0. The number of H-pyrrole nitrogens is 2. The summed E-state index contributed by atoms with van der Waals surface area (Å²) in [5.74, 6) is 0.772. The van der Waals surface area contributed by atoms with Gasteiger partial charge >= 0.3 is 5.69 Å². The summed E-state index contributed by atoms with van der Waals surface area (Å²) in [6.45, 7) is 4.14. The third-order valence-electron chi connectivity index (χ3n) is 4.30. The highest BCUT2D eigenvalue weighted by molar-refractivity contribution is 5.92. The van der Waals surface area contributed by atoms with E-state index in [-0.39, 0.29) is 6.04 Å². The van der Waals surface area contributed by atoms with Crippen molar-refractivity contribution in [1.82, 2.24) is 24.7 Å². The Morgan fingerprint density at radius 3 is 2.70 bits per heavy atom. The van der Waals surface area contributed by atoms with Gasteiger partial charge in [0.05, 0.1) is 16.6 Å². The summed E-state index contributed by atoms with van der Waals surface area (Å²) in [5, 5.41) is 11.9. The minimum atomic E-state index is -0.528. The molecular weight excluding hydrogens is 344 g/mol. The lowest BCUT2D eigenvalue weighted by atomic mass is 10.1. The van der Waals surface area contributed by atoms with Gasteiger partial charge in [-0.15, -0.1) is 10.2 Å². The van der Waals surface area contributed by atoms with E-state index in [0.717, 1.165) is 17.1 Å². The number of anilines is 2. The van der Waals surface area contributed by atoms with Crippen LogP contribution in [0.25, 0.3) is 22.3 Å². The smallest absolute Gasteiger partial charge is 0.326 e. The van der Waals surface area contributed by atoms with E-state index in [1.807, 2.05) is 28.8 Å². The molecule has 0 bridgehead atoms. The molecule has 0 amide bonds. The van der Waals surface area contributed by atoms with Crippen molar-refractivity contribution in [3.05, 3.63) is 69.6 Å². The molecule has 0 aliphatic carbocycles. The summed E-state index contributed by atoms with van der Waals surface area (Å²) < 4.78 is 1.99. The van der Waals surface area contributed by atoms with Crippen LogP contribution in [0.3, 0.4) is 0 Å². The molecule has 0 aliphatic heterocycles. The quantitative estimate of drug-likeness (QED) is 0.517. The van der Waals surface area contributed by atoms with Gasteiger partial charge in [0.1, 0.15) is 6.33 Å².